The van der Waals surface area contributed by atoms with E-state index in [2.05, 4.69) is 5.10 Å². The van der Waals surface area contributed by atoms with Crippen LogP contribution in [-0.4, -0.2) is 15.6 Å². The standard InChI is InChI=1S/C14H14Cl2N2O/c1-8-11(9(2)18(3)17-8)7-13(19)10-5-4-6-12(15)14(10)16/h4-6H,7H2,1-3H3. The molecule has 0 saturated heterocycles. The number of hydrogen-bond donors (Lipinski definition) is 0. The molecule has 5 heteroatoms. The van der Waals surface area contributed by atoms with E-state index in [1.807, 2.05) is 20.9 Å². The molecule has 0 radical (unpaired) electrons. The van der Waals surface area contributed by atoms with Gasteiger partial charge in [-0.15, -0.1) is 0 Å². The first-order valence-electron chi connectivity index (χ1n) is 5.88. The van der Waals surface area contributed by atoms with Gasteiger partial charge in [0.1, 0.15) is 0 Å². The van der Waals surface area contributed by atoms with Crippen LogP contribution < -0.4 is 0 Å². The molecule has 0 bridgehead atoms. The summed E-state index contributed by atoms with van der Waals surface area (Å²) in [5, 5.41) is 5.01. The summed E-state index contributed by atoms with van der Waals surface area (Å²) in [5.74, 6) is -0.0494. The number of halogens is 2. The quantitative estimate of drug-likeness (QED) is 0.808. The predicted molar refractivity (Wildman–Crippen MR) is 77.2 cm³/mol. The molecule has 0 aliphatic carbocycles. The number of aryl methyl sites for hydroxylation is 2. The van der Waals surface area contributed by atoms with Crippen molar-refractivity contribution < 1.29 is 4.79 Å². The second kappa shape index (κ2) is 5.35. The molecule has 0 amide bonds. The summed E-state index contributed by atoms with van der Waals surface area (Å²) in [6.07, 6.45) is 0.283. The number of carbonyl (C=O) groups excluding carboxylic acids is 1. The Bertz CT molecular complexity index is 647. The van der Waals surface area contributed by atoms with Gasteiger partial charge in [0, 0.05) is 30.3 Å². The van der Waals surface area contributed by atoms with E-state index in [1.54, 1.807) is 22.9 Å². The van der Waals surface area contributed by atoms with E-state index in [9.17, 15) is 4.79 Å². The van der Waals surface area contributed by atoms with Gasteiger partial charge in [0.25, 0.3) is 0 Å². The summed E-state index contributed by atoms with van der Waals surface area (Å²) in [7, 11) is 1.86. The topological polar surface area (TPSA) is 34.9 Å². The maximum Gasteiger partial charge on any atom is 0.168 e. The Labute approximate surface area is 122 Å². The fraction of sp³-hybridized carbons (Fsp3) is 0.286. The second-order valence-corrected chi connectivity index (χ2v) is 5.26. The molecule has 0 N–H and O–H groups in total. The molecule has 2 rings (SSSR count). The number of carbonyl (C=O) groups is 1. The average Bonchev–Trinajstić information content (AvgIpc) is 2.59. The summed E-state index contributed by atoms with van der Waals surface area (Å²) in [6.45, 7) is 3.84. The number of hydrogen-bond acceptors (Lipinski definition) is 2. The summed E-state index contributed by atoms with van der Waals surface area (Å²) >= 11 is 12.0. The zero-order valence-electron chi connectivity index (χ0n) is 11.0. The van der Waals surface area contributed by atoms with Crippen molar-refractivity contribution in [2.24, 2.45) is 7.05 Å². The number of Topliss-reactive ketones (excluding diaryl/α,β-unsaturated/α-hetero) is 1. The average molecular weight is 297 g/mol. The van der Waals surface area contributed by atoms with Crippen LogP contribution in [0.3, 0.4) is 0 Å². The largest absolute Gasteiger partial charge is 0.294 e. The molecule has 1 aromatic heterocycles. The summed E-state index contributed by atoms with van der Waals surface area (Å²) in [5.41, 5.74) is 3.26. The first-order valence-corrected chi connectivity index (χ1v) is 6.63. The number of rotatable bonds is 3. The minimum absolute atomic E-state index is 0.0494. The predicted octanol–water partition coefficient (Wildman–Crippen LogP) is 3.77. The van der Waals surface area contributed by atoms with Gasteiger partial charge in [-0.05, 0) is 26.0 Å². The van der Waals surface area contributed by atoms with Gasteiger partial charge < -0.3 is 0 Å². The van der Waals surface area contributed by atoms with Crippen LogP contribution in [0.25, 0.3) is 0 Å². The van der Waals surface area contributed by atoms with Crippen LogP contribution in [-0.2, 0) is 13.5 Å². The third-order valence-corrected chi connectivity index (χ3v) is 4.07. The van der Waals surface area contributed by atoms with Crippen molar-refractivity contribution in [3.63, 3.8) is 0 Å². The number of nitrogens with zero attached hydrogens (tertiary/aromatic N) is 2. The summed E-state index contributed by atoms with van der Waals surface area (Å²) < 4.78 is 1.78. The molecule has 0 atom stereocenters. The van der Waals surface area contributed by atoms with Gasteiger partial charge >= 0.3 is 0 Å². The first kappa shape index (κ1) is 14.1. The highest BCUT2D eigenvalue weighted by atomic mass is 35.5. The van der Waals surface area contributed by atoms with E-state index in [-0.39, 0.29) is 12.2 Å². The molecule has 19 heavy (non-hydrogen) atoms. The third-order valence-electron chi connectivity index (χ3n) is 3.25. The Morgan fingerprint density at radius 2 is 2.00 bits per heavy atom. The van der Waals surface area contributed by atoms with Crippen LogP contribution in [0.15, 0.2) is 18.2 Å². The molecule has 0 saturated carbocycles. The minimum atomic E-state index is -0.0494. The van der Waals surface area contributed by atoms with Crippen molar-refractivity contribution in [1.29, 1.82) is 0 Å². The van der Waals surface area contributed by atoms with Gasteiger partial charge in [0.2, 0.25) is 0 Å². The van der Waals surface area contributed by atoms with E-state index in [4.69, 9.17) is 23.2 Å². The van der Waals surface area contributed by atoms with Gasteiger partial charge in [-0.1, -0.05) is 29.3 Å². The Balaban J connectivity index is 2.34. The number of benzene rings is 1. The molecule has 0 fully saturated rings. The van der Waals surface area contributed by atoms with Crippen LogP contribution >= 0.6 is 23.2 Å². The molecule has 0 aliphatic rings. The summed E-state index contributed by atoms with van der Waals surface area (Å²) in [4.78, 5) is 12.3. The van der Waals surface area contributed by atoms with Gasteiger partial charge in [0.15, 0.2) is 5.78 Å². The van der Waals surface area contributed by atoms with Crippen LogP contribution in [0, 0.1) is 13.8 Å². The maximum atomic E-state index is 12.3. The lowest BCUT2D eigenvalue weighted by Crippen LogP contribution is -2.06. The van der Waals surface area contributed by atoms with Crippen LogP contribution in [0.4, 0.5) is 0 Å². The normalized spacial score (nSPS) is 10.8. The second-order valence-electron chi connectivity index (χ2n) is 4.47. The van der Waals surface area contributed by atoms with E-state index in [1.165, 1.54) is 0 Å². The highest BCUT2D eigenvalue weighted by Crippen LogP contribution is 2.27. The smallest absolute Gasteiger partial charge is 0.168 e. The lowest BCUT2D eigenvalue weighted by atomic mass is 10.0. The van der Waals surface area contributed by atoms with Crippen molar-refractivity contribution >= 4 is 29.0 Å². The maximum absolute atomic E-state index is 12.3. The molecule has 1 heterocycles. The van der Waals surface area contributed by atoms with Crippen molar-refractivity contribution in [3.05, 3.63) is 50.8 Å². The molecule has 0 aliphatic heterocycles. The van der Waals surface area contributed by atoms with Gasteiger partial charge in [-0.3, -0.25) is 9.48 Å². The molecular weight excluding hydrogens is 283 g/mol. The molecule has 0 spiro atoms. The molecule has 100 valence electrons. The van der Waals surface area contributed by atoms with E-state index >= 15 is 0 Å². The molecule has 1 aromatic carbocycles. The first-order chi connectivity index (χ1) is 8.91. The fourth-order valence-electron chi connectivity index (χ4n) is 2.05. The summed E-state index contributed by atoms with van der Waals surface area (Å²) in [6, 6.07) is 5.09. The SMILES string of the molecule is Cc1nn(C)c(C)c1CC(=O)c1cccc(Cl)c1Cl. The van der Waals surface area contributed by atoms with E-state index < -0.39 is 0 Å². The van der Waals surface area contributed by atoms with Crippen molar-refractivity contribution in [1.82, 2.24) is 9.78 Å². The van der Waals surface area contributed by atoms with Crippen LogP contribution in [0.1, 0.15) is 27.3 Å². The van der Waals surface area contributed by atoms with Crippen molar-refractivity contribution in [2.75, 3.05) is 0 Å². The zero-order valence-corrected chi connectivity index (χ0v) is 12.5. The van der Waals surface area contributed by atoms with Crippen LogP contribution in [0.2, 0.25) is 10.0 Å². The molecule has 3 nitrogen and oxygen atoms in total. The Morgan fingerprint density at radius 3 is 2.58 bits per heavy atom. The van der Waals surface area contributed by atoms with Gasteiger partial charge in [-0.2, -0.15) is 5.10 Å². The third kappa shape index (κ3) is 2.67. The van der Waals surface area contributed by atoms with Crippen LogP contribution in [0.5, 0.6) is 0 Å². The van der Waals surface area contributed by atoms with Gasteiger partial charge in [-0.25, -0.2) is 0 Å². The Morgan fingerprint density at radius 1 is 1.32 bits per heavy atom. The fourth-order valence-corrected chi connectivity index (χ4v) is 2.45. The molecule has 2 aromatic rings. The molecular formula is C14H14Cl2N2O. The van der Waals surface area contributed by atoms with Gasteiger partial charge in [0.05, 0.1) is 15.7 Å². The Hall–Kier alpha value is -1.32. The van der Waals surface area contributed by atoms with E-state index in [0.29, 0.717) is 15.6 Å². The number of ketones is 1. The highest BCUT2D eigenvalue weighted by molar-refractivity contribution is 6.43. The number of aromatic nitrogens is 2. The lowest BCUT2D eigenvalue weighted by Gasteiger charge is -2.05. The highest BCUT2D eigenvalue weighted by Gasteiger charge is 2.17. The minimum Gasteiger partial charge on any atom is -0.294 e. The molecule has 0 unspecified atom stereocenters. The zero-order chi connectivity index (χ0) is 14.2. The van der Waals surface area contributed by atoms with Crippen molar-refractivity contribution in [2.45, 2.75) is 20.3 Å². The lowest BCUT2D eigenvalue weighted by molar-refractivity contribution is 0.0992. The monoisotopic (exact) mass is 296 g/mol. The van der Waals surface area contributed by atoms with E-state index in [0.717, 1.165) is 17.0 Å². The van der Waals surface area contributed by atoms with Crippen molar-refractivity contribution in [3.8, 4) is 0 Å². The Kier molecular flexibility index (Phi) is 3.97.